The van der Waals surface area contributed by atoms with Gasteiger partial charge in [0, 0.05) is 5.69 Å². The van der Waals surface area contributed by atoms with Gasteiger partial charge in [-0.3, -0.25) is 14.9 Å². The molecule has 0 saturated heterocycles. The van der Waals surface area contributed by atoms with Crippen molar-refractivity contribution in [3.8, 4) is 0 Å². The Labute approximate surface area is 79.7 Å². The molecule has 0 atom stereocenters. The highest BCUT2D eigenvalue weighted by Crippen LogP contribution is 2.18. The second kappa shape index (κ2) is 3.50. The summed E-state index contributed by atoms with van der Waals surface area (Å²) >= 11 is 0. The van der Waals surface area contributed by atoms with Gasteiger partial charge in [0.1, 0.15) is 0 Å². The molecule has 0 aliphatic carbocycles. The zero-order chi connectivity index (χ0) is 10.8. The van der Waals surface area contributed by atoms with E-state index in [2.05, 4.69) is 4.83 Å². The molecule has 0 radical (unpaired) electrons. The van der Waals surface area contributed by atoms with E-state index in [1.165, 1.54) is 18.2 Å². The third kappa shape index (κ3) is 2.33. The van der Waals surface area contributed by atoms with Gasteiger partial charge in [0.15, 0.2) is 10.0 Å². The minimum atomic E-state index is -4.24. The predicted octanol–water partition coefficient (Wildman–Crippen LogP) is 0.523. The first-order valence-corrected chi connectivity index (χ1v) is 4.84. The number of nitrogens with two attached hydrogens (primary N) is 1. The van der Waals surface area contributed by atoms with Crippen molar-refractivity contribution in [2.45, 2.75) is 4.90 Å². The van der Waals surface area contributed by atoms with Crippen LogP contribution in [-0.2, 0) is 10.0 Å². The molecule has 0 heterocycles. The first-order valence-electron chi connectivity index (χ1n) is 3.40. The third-order valence-corrected chi connectivity index (χ3v) is 2.53. The second-order valence-electron chi connectivity index (χ2n) is 2.37. The van der Waals surface area contributed by atoms with Crippen molar-refractivity contribution in [3.05, 3.63) is 39.2 Å². The topological polar surface area (TPSA) is 117 Å². The normalized spacial score (nSPS) is 10.9. The molecule has 0 bridgehead atoms. The van der Waals surface area contributed by atoms with Crippen molar-refractivity contribution in [2.24, 2.45) is 0 Å². The van der Waals surface area contributed by atoms with E-state index in [1.807, 2.05) is 0 Å². The van der Waals surface area contributed by atoms with Crippen LogP contribution in [0.1, 0.15) is 0 Å². The van der Waals surface area contributed by atoms with Gasteiger partial charge in [0.2, 0.25) is 0 Å². The Hall–Kier alpha value is -1.83. The van der Waals surface area contributed by atoms with Crippen LogP contribution >= 0.6 is 0 Å². The predicted molar refractivity (Wildman–Crippen MR) is 48.4 cm³/mol. The van der Waals surface area contributed by atoms with Crippen LogP contribution < -0.4 is 5.73 Å². The summed E-state index contributed by atoms with van der Waals surface area (Å²) in [6.45, 7) is 0. The summed E-state index contributed by atoms with van der Waals surface area (Å²) in [5.41, 5.74) is 5.51. The van der Waals surface area contributed by atoms with Gasteiger partial charge >= 0.3 is 0 Å². The van der Waals surface area contributed by atoms with Gasteiger partial charge in [-0.2, -0.15) is 0 Å². The smallest absolute Gasteiger partial charge is 0.172 e. The third-order valence-electron chi connectivity index (χ3n) is 1.33. The van der Waals surface area contributed by atoms with Crippen molar-refractivity contribution in [1.29, 1.82) is 0 Å². The van der Waals surface area contributed by atoms with E-state index in [-0.39, 0.29) is 10.6 Å². The summed E-state index contributed by atoms with van der Waals surface area (Å²) in [6.07, 6.45) is 0. The number of hydrogen-bond acceptors (Lipinski definition) is 5. The molecule has 76 valence electrons. The highest BCUT2D eigenvalue weighted by atomic mass is 32.2. The zero-order valence-electron chi connectivity index (χ0n) is 6.82. The standard InChI is InChI=1S/C6H6N3O4S/c7-5-2-1-3-6(4-5)14(12,13)8-9(10)11/h1-4H,7H2/q-1. The summed E-state index contributed by atoms with van der Waals surface area (Å²) in [5, 5.41) is 8.64. The lowest BCUT2D eigenvalue weighted by molar-refractivity contribution is -0.412. The molecule has 0 aromatic heterocycles. The Morgan fingerprint density at radius 1 is 1.43 bits per heavy atom. The van der Waals surface area contributed by atoms with Crippen LogP contribution in [0.5, 0.6) is 0 Å². The summed E-state index contributed by atoms with van der Waals surface area (Å²) in [7, 11) is -4.24. The van der Waals surface area contributed by atoms with Gasteiger partial charge in [0.05, 0.1) is 4.90 Å². The Bertz CT molecular complexity index is 456. The molecule has 1 aromatic carbocycles. The lowest BCUT2D eigenvalue weighted by atomic mass is 10.3. The van der Waals surface area contributed by atoms with Gasteiger partial charge in [-0.25, -0.2) is 8.42 Å². The Morgan fingerprint density at radius 2 is 2.07 bits per heavy atom. The quantitative estimate of drug-likeness (QED) is 0.449. The van der Waals surface area contributed by atoms with Crippen molar-refractivity contribution in [2.75, 3.05) is 5.73 Å². The molecule has 0 aliphatic heterocycles. The van der Waals surface area contributed by atoms with Crippen molar-refractivity contribution >= 4 is 15.7 Å². The van der Waals surface area contributed by atoms with E-state index in [0.717, 1.165) is 6.07 Å². The van der Waals surface area contributed by atoms with Crippen molar-refractivity contribution in [3.63, 3.8) is 0 Å². The fourth-order valence-corrected chi connectivity index (χ4v) is 1.62. The molecule has 14 heavy (non-hydrogen) atoms. The summed E-state index contributed by atoms with van der Waals surface area (Å²) in [4.78, 5) is 12.0. The summed E-state index contributed by atoms with van der Waals surface area (Å²) < 4.78 is 22.3. The maximum atomic E-state index is 11.1. The first kappa shape index (κ1) is 10.3. The fourth-order valence-electron chi connectivity index (χ4n) is 0.810. The van der Waals surface area contributed by atoms with Gasteiger partial charge < -0.3 is 5.73 Å². The molecule has 8 heteroatoms. The van der Waals surface area contributed by atoms with Gasteiger partial charge in [-0.05, 0) is 23.2 Å². The Kier molecular flexibility index (Phi) is 2.56. The lowest BCUT2D eigenvalue weighted by Crippen LogP contribution is -2.04. The number of nitrogens with zero attached hydrogens (tertiary/aromatic N) is 2. The van der Waals surface area contributed by atoms with E-state index in [9.17, 15) is 18.5 Å². The molecule has 0 amide bonds. The maximum Gasteiger partial charge on any atom is 0.172 e. The number of rotatable bonds is 3. The fraction of sp³-hybridized carbons (Fsp3) is 0. The Balaban J connectivity index is 3.11. The van der Waals surface area contributed by atoms with Crippen molar-refractivity contribution < 1.29 is 13.5 Å². The maximum absolute atomic E-state index is 11.1. The second-order valence-corrected chi connectivity index (χ2v) is 3.95. The number of anilines is 1. The highest BCUT2D eigenvalue weighted by molar-refractivity contribution is 7.93. The van der Waals surface area contributed by atoms with Crippen LogP contribution in [0.2, 0.25) is 0 Å². The molecule has 0 aliphatic rings. The molecule has 1 rings (SSSR count). The number of nitro groups is 1. The number of nitrogen functional groups attached to an aromatic ring is 1. The summed E-state index contributed by atoms with van der Waals surface area (Å²) in [5.74, 6) is 0. The lowest BCUT2D eigenvalue weighted by Gasteiger charge is -2.10. The molecule has 0 spiro atoms. The average molecular weight is 216 g/mol. The summed E-state index contributed by atoms with van der Waals surface area (Å²) in [6, 6.07) is 5.11. The van der Waals surface area contributed by atoms with E-state index >= 15 is 0 Å². The molecule has 7 nitrogen and oxygen atoms in total. The van der Waals surface area contributed by atoms with E-state index < -0.39 is 15.1 Å². The number of sulfonamides is 1. The number of hydrogen-bond donors (Lipinski definition) is 1. The largest absolute Gasteiger partial charge is 0.399 e. The Morgan fingerprint density at radius 3 is 2.57 bits per heavy atom. The van der Waals surface area contributed by atoms with Crippen LogP contribution in [-0.4, -0.2) is 13.5 Å². The molecule has 0 fully saturated rings. The van der Waals surface area contributed by atoms with E-state index in [1.54, 1.807) is 0 Å². The van der Waals surface area contributed by atoms with Crippen LogP contribution in [0.25, 0.3) is 4.83 Å². The van der Waals surface area contributed by atoms with Crippen LogP contribution in [0.15, 0.2) is 29.2 Å². The SMILES string of the molecule is Nc1cccc(S(=O)(=O)[N-][N+](=O)[O-])c1. The van der Waals surface area contributed by atoms with E-state index in [0.29, 0.717) is 0 Å². The average Bonchev–Trinajstić information content (AvgIpc) is 2.01. The molecule has 0 saturated carbocycles. The van der Waals surface area contributed by atoms with Gasteiger partial charge in [0.25, 0.3) is 0 Å². The molecular formula is C6H6N3O4S-. The minimum Gasteiger partial charge on any atom is -0.399 e. The molecule has 2 N–H and O–H groups in total. The van der Waals surface area contributed by atoms with Crippen LogP contribution in [0.4, 0.5) is 5.69 Å². The van der Waals surface area contributed by atoms with E-state index in [4.69, 9.17) is 5.73 Å². The molecule has 0 unspecified atom stereocenters. The van der Waals surface area contributed by atoms with Crippen LogP contribution in [0, 0.1) is 10.1 Å². The minimum absolute atomic E-state index is 0.199. The molecular weight excluding hydrogens is 210 g/mol. The number of benzene rings is 1. The van der Waals surface area contributed by atoms with Gasteiger partial charge in [-0.15, -0.1) is 0 Å². The highest BCUT2D eigenvalue weighted by Gasteiger charge is 2.08. The van der Waals surface area contributed by atoms with Crippen LogP contribution in [0.3, 0.4) is 0 Å². The molecule has 1 aromatic rings. The zero-order valence-corrected chi connectivity index (χ0v) is 7.64. The monoisotopic (exact) mass is 216 g/mol. The van der Waals surface area contributed by atoms with Gasteiger partial charge in [-0.1, -0.05) is 6.07 Å². The first-order chi connectivity index (χ1) is 6.42. The van der Waals surface area contributed by atoms with Crippen molar-refractivity contribution in [1.82, 2.24) is 0 Å².